The number of aliphatic imine (C=N–C) groups is 1. The van der Waals surface area contributed by atoms with Gasteiger partial charge in [0.25, 0.3) is 0 Å². The number of hydrogen-bond donors (Lipinski definition) is 2. The van der Waals surface area contributed by atoms with Crippen LogP contribution in [0.4, 0.5) is 0 Å². The largest absolute Gasteiger partial charge is 0.377 e. The van der Waals surface area contributed by atoms with Crippen molar-refractivity contribution < 1.29 is 4.74 Å². The highest BCUT2D eigenvalue weighted by molar-refractivity contribution is 5.78. The van der Waals surface area contributed by atoms with Crippen molar-refractivity contribution in [2.45, 2.75) is 46.3 Å². The second kappa shape index (κ2) is 4.48. The Morgan fingerprint density at radius 3 is 2.88 bits per heavy atom. The van der Waals surface area contributed by atoms with Crippen molar-refractivity contribution in [3.8, 4) is 0 Å². The topological polar surface area (TPSA) is 59.6 Å². The average molecular weight is 239 g/mol. The molecule has 1 aliphatic heterocycles. The number of nitrogens with zero attached hydrogens (tertiary/aromatic N) is 1. The molecule has 0 aromatic heterocycles. The third-order valence-electron chi connectivity index (χ3n) is 4.03. The molecule has 4 nitrogen and oxygen atoms in total. The lowest BCUT2D eigenvalue weighted by molar-refractivity contribution is -0.106. The molecule has 2 aliphatic rings. The Balaban J connectivity index is 1.93. The molecule has 0 aromatic rings. The summed E-state index contributed by atoms with van der Waals surface area (Å²) in [5.74, 6) is 1.74. The van der Waals surface area contributed by atoms with Crippen LogP contribution < -0.4 is 11.1 Å². The van der Waals surface area contributed by atoms with E-state index in [1.165, 1.54) is 0 Å². The highest BCUT2D eigenvalue weighted by Gasteiger charge is 2.59. The fourth-order valence-corrected chi connectivity index (χ4v) is 3.10. The van der Waals surface area contributed by atoms with Crippen molar-refractivity contribution >= 4 is 5.96 Å². The van der Waals surface area contributed by atoms with E-state index in [4.69, 9.17) is 10.5 Å². The average Bonchev–Trinajstić information content (AvgIpc) is 2.69. The van der Waals surface area contributed by atoms with Crippen molar-refractivity contribution in [3.63, 3.8) is 0 Å². The quantitative estimate of drug-likeness (QED) is 0.577. The van der Waals surface area contributed by atoms with Gasteiger partial charge < -0.3 is 15.8 Å². The van der Waals surface area contributed by atoms with Crippen molar-refractivity contribution in [1.82, 2.24) is 5.32 Å². The van der Waals surface area contributed by atoms with E-state index in [0.717, 1.165) is 19.6 Å². The van der Waals surface area contributed by atoms with Crippen LogP contribution >= 0.6 is 0 Å². The summed E-state index contributed by atoms with van der Waals surface area (Å²) in [6.07, 6.45) is 1.54. The molecule has 0 bridgehead atoms. The maximum absolute atomic E-state index is 5.93. The lowest BCUT2D eigenvalue weighted by atomic mass is 9.57. The Hall–Kier alpha value is -0.770. The third kappa shape index (κ3) is 2.28. The van der Waals surface area contributed by atoms with Crippen LogP contribution in [0.2, 0.25) is 0 Å². The number of nitrogens with one attached hydrogen (secondary N) is 1. The van der Waals surface area contributed by atoms with E-state index in [1.807, 2.05) is 0 Å². The van der Waals surface area contributed by atoms with Crippen LogP contribution in [0.5, 0.6) is 0 Å². The molecule has 1 saturated carbocycles. The summed E-state index contributed by atoms with van der Waals surface area (Å²) in [4.78, 5) is 4.37. The van der Waals surface area contributed by atoms with Gasteiger partial charge in [0, 0.05) is 30.5 Å². The van der Waals surface area contributed by atoms with Gasteiger partial charge in [0.1, 0.15) is 0 Å². The maximum Gasteiger partial charge on any atom is 0.188 e. The van der Waals surface area contributed by atoms with Gasteiger partial charge in [-0.2, -0.15) is 0 Å². The number of guanidine groups is 1. The highest BCUT2D eigenvalue weighted by atomic mass is 16.5. The van der Waals surface area contributed by atoms with Gasteiger partial charge in [-0.25, -0.2) is 0 Å². The molecule has 1 saturated heterocycles. The monoisotopic (exact) mass is 239 g/mol. The number of nitrogens with two attached hydrogens (primary N) is 1. The van der Waals surface area contributed by atoms with E-state index in [1.54, 1.807) is 0 Å². The van der Waals surface area contributed by atoms with Gasteiger partial charge >= 0.3 is 0 Å². The van der Waals surface area contributed by atoms with Crippen LogP contribution in [0.3, 0.4) is 0 Å². The van der Waals surface area contributed by atoms with Crippen LogP contribution in [0, 0.1) is 17.3 Å². The number of ether oxygens (including phenoxy) is 1. The van der Waals surface area contributed by atoms with E-state index in [2.05, 4.69) is 38.0 Å². The normalized spacial score (nSPS) is 35.6. The molecule has 98 valence electrons. The van der Waals surface area contributed by atoms with Crippen LogP contribution in [0.25, 0.3) is 0 Å². The SMILES string of the molecule is CC(C)CN=C(N)NC1C2CCOC2C1(C)C. The van der Waals surface area contributed by atoms with Gasteiger partial charge in [-0.05, 0) is 12.3 Å². The number of fused-ring (bicyclic) bond motifs is 1. The van der Waals surface area contributed by atoms with Crippen molar-refractivity contribution in [1.29, 1.82) is 0 Å². The van der Waals surface area contributed by atoms with Crippen molar-refractivity contribution in [2.24, 2.45) is 28.0 Å². The summed E-state index contributed by atoms with van der Waals surface area (Å²) >= 11 is 0. The van der Waals surface area contributed by atoms with Crippen molar-refractivity contribution in [3.05, 3.63) is 0 Å². The first-order valence-corrected chi connectivity index (χ1v) is 6.61. The minimum atomic E-state index is 0.166. The van der Waals surface area contributed by atoms with Gasteiger partial charge in [-0.3, -0.25) is 4.99 Å². The molecule has 1 heterocycles. The molecular formula is C13H25N3O. The molecule has 3 atom stereocenters. The molecule has 3 N–H and O–H groups in total. The molecule has 4 heteroatoms. The molecule has 0 spiro atoms. The molecular weight excluding hydrogens is 214 g/mol. The fraction of sp³-hybridized carbons (Fsp3) is 0.923. The Labute approximate surface area is 104 Å². The van der Waals surface area contributed by atoms with Gasteiger partial charge in [0.05, 0.1) is 6.10 Å². The van der Waals surface area contributed by atoms with E-state index < -0.39 is 0 Å². The first-order chi connectivity index (χ1) is 7.93. The summed E-state index contributed by atoms with van der Waals surface area (Å²) in [6.45, 7) is 10.5. The second-order valence-electron chi connectivity index (χ2n) is 6.31. The summed E-state index contributed by atoms with van der Waals surface area (Å²) in [5.41, 5.74) is 6.10. The lowest BCUT2D eigenvalue weighted by Gasteiger charge is -2.54. The van der Waals surface area contributed by atoms with Crippen molar-refractivity contribution in [2.75, 3.05) is 13.2 Å². The van der Waals surface area contributed by atoms with Gasteiger partial charge in [-0.15, -0.1) is 0 Å². The summed E-state index contributed by atoms with van der Waals surface area (Å²) in [5, 5.41) is 3.38. The fourth-order valence-electron chi connectivity index (χ4n) is 3.10. The molecule has 2 rings (SSSR count). The standard InChI is InChI=1S/C13H25N3O/c1-8(2)7-15-12(14)16-10-9-5-6-17-11(9)13(10,3)4/h8-11H,5-7H2,1-4H3,(H3,14,15,16). The van der Waals surface area contributed by atoms with Crippen LogP contribution in [0.1, 0.15) is 34.1 Å². The van der Waals surface area contributed by atoms with E-state index >= 15 is 0 Å². The summed E-state index contributed by atoms with van der Waals surface area (Å²) in [7, 11) is 0. The molecule has 0 amide bonds. The summed E-state index contributed by atoms with van der Waals surface area (Å²) in [6, 6.07) is 0.408. The number of rotatable bonds is 3. The van der Waals surface area contributed by atoms with Crippen LogP contribution in [0.15, 0.2) is 4.99 Å². The van der Waals surface area contributed by atoms with E-state index in [0.29, 0.717) is 29.9 Å². The van der Waals surface area contributed by atoms with E-state index in [-0.39, 0.29) is 5.41 Å². The smallest absolute Gasteiger partial charge is 0.188 e. The number of hydrogen-bond acceptors (Lipinski definition) is 2. The van der Waals surface area contributed by atoms with Crippen LogP contribution in [-0.2, 0) is 4.74 Å². The summed E-state index contributed by atoms with van der Waals surface area (Å²) < 4.78 is 5.76. The van der Waals surface area contributed by atoms with Crippen LogP contribution in [-0.4, -0.2) is 31.3 Å². The Bertz CT molecular complexity index is 312. The zero-order valence-electron chi connectivity index (χ0n) is 11.4. The molecule has 0 aromatic carbocycles. The third-order valence-corrected chi connectivity index (χ3v) is 4.03. The molecule has 3 unspecified atom stereocenters. The predicted octanol–water partition coefficient (Wildman–Crippen LogP) is 1.36. The zero-order chi connectivity index (χ0) is 12.6. The molecule has 0 radical (unpaired) electrons. The van der Waals surface area contributed by atoms with Gasteiger partial charge in [0.15, 0.2) is 5.96 Å². The Morgan fingerprint density at radius 2 is 2.24 bits per heavy atom. The zero-order valence-corrected chi connectivity index (χ0v) is 11.4. The predicted molar refractivity (Wildman–Crippen MR) is 69.9 cm³/mol. The van der Waals surface area contributed by atoms with Gasteiger partial charge in [0.2, 0.25) is 0 Å². The Kier molecular flexibility index (Phi) is 3.34. The molecule has 17 heavy (non-hydrogen) atoms. The second-order valence-corrected chi connectivity index (χ2v) is 6.31. The minimum absolute atomic E-state index is 0.166. The molecule has 2 fully saturated rings. The maximum atomic E-state index is 5.93. The Morgan fingerprint density at radius 1 is 1.53 bits per heavy atom. The minimum Gasteiger partial charge on any atom is -0.377 e. The first-order valence-electron chi connectivity index (χ1n) is 6.61. The molecule has 1 aliphatic carbocycles. The van der Waals surface area contributed by atoms with E-state index in [9.17, 15) is 0 Å². The first kappa shape index (κ1) is 12.7. The lowest BCUT2D eigenvalue weighted by Crippen LogP contribution is -2.67. The van der Waals surface area contributed by atoms with Gasteiger partial charge in [-0.1, -0.05) is 27.7 Å². The highest BCUT2D eigenvalue weighted by Crippen LogP contribution is 2.51.